The van der Waals surface area contributed by atoms with Crippen molar-refractivity contribution in [2.75, 3.05) is 12.4 Å². The largest absolute Gasteiger partial charge is 0.350 e. The normalized spacial score (nSPS) is 25.1. The molecule has 2 fully saturated rings. The highest BCUT2D eigenvalue weighted by molar-refractivity contribution is 8.14. The van der Waals surface area contributed by atoms with E-state index in [1.165, 1.54) is 44.6 Å². The third-order valence-corrected chi connectivity index (χ3v) is 6.58. The van der Waals surface area contributed by atoms with Crippen molar-refractivity contribution < 1.29 is 9.18 Å². The van der Waals surface area contributed by atoms with E-state index in [1.807, 2.05) is 7.05 Å². The summed E-state index contributed by atoms with van der Waals surface area (Å²) in [5.74, 6) is -0.561. The number of para-hydroxylation sites is 1. The second-order valence-corrected chi connectivity index (χ2v) is 8.63. The molecule has 7 heteroatoms. The summed E-state index contributed by atoms with van der Waals surface area (Å²) in [5.41, 5.74) is 0.241. The molecule has 1 saturated heterocycles. The second kappa shape index (κ2) is 10.3. The Labute approximate surface area is 171 Å². The fourth-order valence-electron chi connectivity index (χ4n) is 3.71. The Morgan fingerprint density at radius 3 is 2.59 bits per heavy atom. The predicted octanol–water partition coefficient (Wildman–Crippen LogP) is 5.09. The predicted molar refractivity (Wildman–Crippen MR) is 114 cm³/mol. The maximum Gasteiger partial charge on any atom is 0.226 e. The van der Waals surface area contributed by atoms with Crippen molar-refractivity contribution in [2.24, 2.45) is 4.99 Å². The number of carbonyl (C=O) groups is 1. The molecule has 4 nitrogen and oxygen atoms in total. The topological polar surface area (TPSA) is 44.7 Å². The number of nitrogens with zero attached hydrogens (tertiary/aromatic N) is 2. The standard InChI is InChI=1S/C20H28FN3OS.ClH/c1-14-18(13-19(25)23-17-12-8-7-11-16(17)21)24(2)20(26-14)22-15-9-5-3-4-6-10-15;/h7-8,11-12,14-15,18H,3-6,9-10,13H2,1-2H3,(H,23,25);1H. The monoisotopic (exact) mass is 413 g/mol. The van der Waals surface area contributed by atoms with Crippen LogP contribution in [0.15, 0.2) is 29.3 Å². The summed E-state index contributed by atoms with van der Waals surface area (Å²) in [6.45, 7) is 2.14. The average molecular weight is 414 g/mol. The number of hydrogen-bond donors (Lipinski definition) is 1. The zero-order chi connectivity index (χ0) is 18.5. The van der Waals surface area contributed by atoms with E-state index in [0.717, 1.165) is 5.17 Å². The smallest absolute Gasteiger partial charge is 0.226 e. The number of amidine groups is 1. The number of thioether (sulfide) groups is 1. The molecule has 27 heavy (non-hydrogen) atoms. The lowest BCUT2D eigenvalue weighted by Gasteiger charge is -2.23. The molecule has 2 aliphatic rings. The van der Waals surface area contributed by atoms with Crippen molar-refractivity contribution >= 4 is 40.9 Å². The molecular formula is C20H29ClFN3OS. The van der Waals surface area contributed by atoms with Gasteiger partial charge in [-0.25, -0.2) is 4.39 Å². The lowest BCUT2D eigenvalue weighted by Crippen LogP contribution is -2.36. The van der Waals surface area contributed by atoms with Crippen molar-refractivity contribution in [3.8, 4) is 0 Å². The molecular weight excluding hydrogens is 385 g/mol. The van der Waals surface area contributed by atoms with Crippen molar-refractivity contribution in [3.05, 3.63) is 30.1 Å². The zero-order valence-electron chi connectivity index (χ0n) is 16.0. The summed E-state index contributed by atoms with van der Waals surface area (Å²) >= 11 is 1.76. The first-order valence-electron chi connectivity index (χ1n) is 9.56. The highest BCUT2D eigenvalue weighted by Gasteiger charge is 2.36. The van der Waals surface area contributed by atoms with Gasteiger partial charge in [0.1, 0.15) is 5.82 Å². The van der Waals surface area contributed by atoms with Crippen molar-refractivity contribution in [3.63, 3.8) is 0 Å². The third kappa shape index (κ3) is 5.85. The molecule has 1 aliphatic carbocycles. The van der Waals surface area contributed by atoms with Crippen molar-refractivity contribution in [1.29, 1.82) is 0 Å². The number of benzene rings is 1. The molecule has 2 unspecified atom stereocenters. The van der Waals surface area contributed by atoms with Crippen LogP contribution in [0.25, 0.3) is 0 Å². The minimum absolute atomic E-state index is 0. The van der Waals surface area contributed by atoms with Crippen LogP contribution in [0.2, 0.25) is 0 Å². The van der Waals surface area contributed by atoms with Gasteiger partial charge in [0, 0.05) is 18.7 Å². The summed E-state index contributed by atoms with van der Waals surface area (Å²) < 4.78 is 13.7. The number of nitrogens with one attached hydrogen (secondary N) is 1. The van der Waals surface area contributed by atoms with Crippen LogP contribution >= 0.6 is 24.2 Å². The van der Waals surface area contributed by atoms with Gasteiger partial charge in [-0.2, -0.15) is 0 Å². The Morgan fingerprint density at radius 2 is 1.93 bits per heavy atom. The molecule has 1 aromatic rings. The van der Waals surface area contributed by atoms with Gasteiger partial charge in [0.25, 0.3) is 0 Å². The number of aliphatic imine (C=N–C) groups is 1. The van der Waals surface area contributed by atoms with Crippen LogP contribution < -0.4 is 5.32 Å². The van der Waals surface area contributed by atoms with Crippen LogP contribution in [0, 0.1) is 5.82 Å². The van der Waals surface area contributed by atoms with E-state index in [2.05, 4.69) is 17.1 Å². The molecule has 150 valence electrons. The lowest BCUT2D eigenvalue weighted by atomic mass is 10.1. The molecule has 1 aromatic carbocycles. The van der Waals surface area contributed by atoms with E-state index in [-0.39, 0.29) is 35.3 Å². The van der Waals surface area contributed by atoms with Crippen LogP contribution in [0.1, 0.15) is 51.9 Å². The van der Waals surface area contributed by atoms with Gasteiger partial charge < -0.3 is 10.2 Å². The first kappa shape index (κ1) is 22.0. The fourth-order valence-corrected chi connectivity index (χ4v) is 4.99. The molecule has 1 aliphatic heterocycles. The molecule has 1 saturated carbocycles. The van der Waals surface area contributed by atoms with Gasteiger partial charge >= 0.3 is 0 Å². The SMILES string of the molecule is CC1SC(=NC2CCCCCC2)N(C)C1CC(=O)Nc1ccccc1F.Cl. The molecule has 0 radical (unpaired) electrons. The number of anilines is 1. The number of rotatable bonds is 4. The van der Waals surface area contributed by atoms with Crippen molar-refractivity contribution in [2.45, 2.75) is 69.2 Å². The van der Waals surface area contributed by atoms with Gasteiger partial charge in [0.2, 0.25) is 5.91 Å². The quantitative estimate of drug-likeness (QED) is 0.699. The molecule has 1 amide bonds. The van der Waals surface area contributed by atoms with E-state index in [1.54, 1.807) is 30.0 Å². The van der Waals surface area contributed by atoms with Crippen LogP contribution in [0.3, 0.4) is 0 Å². The summed E-state index contributed by atoms with van der Waals surface area (Å²) in [6, 6.07) is 6.77. The van der Waals surface area contributed by atoms with E-state index in [4.69, 9.17) is 4.99 Å². The number of carbonyl (C=O) groups excluding carboxylic acids is 1. The number of amides is 1. The number of halogens is 2. The first-order chi connectivity index (χ1) is 12.5. The molecule has 0 aromatic heterocycles. The molecule has 0 spiro atoms. The maximum atomic E-state index is 13.7. The second-order valence-electron chi connectivity index (χ2n) is 7.29. The summed E-state index contributed by atoms with van der Waals surface area (Å²) in [6.07, 6.45) is 7.84. The molecule has 3 rings (SSSR count). The minimum atomic E-state index is -0.404. The Kier molecular flexibility index (Phi) is 8.42. The fraction of sp³-hybridized carbons (Fsp3) is 0.600. The Hall–Kier alpha value is -1.27. The molecule has 1 heterocycles. The van der Waals surface area contributed by atoms with E-state index in [9.17, 15) is 9.18 Å². The highest BCUT2D eigenvalue weighted by atomic mass is 35.5. The highest BCUT2D eigenvalue weighted by Crippen LogP contribution is 2.33. The Morgan fingerprint density at radius 1 is 1.26 bits per heavy atom. The third-order valence-electron chi connectivity index (χ3n) is 5.29. The van der Waals surface area contributed by atoms with Gasteiger partial charge in [-0.05, 0) is 25.0 Å². The molecule has 1 N–H and O–H groups in total. The van der Waals surface area contributed by atoms with Crippen molar-refractivity contribution in [1.82, 2.24) is 4.90 Å². The Bertz CT molecular complexity index is 664. The van der Waals surface area contributed by atoms with Gasteiger partial charge in [-0.3, -0.25) is 9.79 Å². The van der Waals surface area contributed by atoms with E-state index >= 15 is 0 Å². The minimum Gasteiger partial charge on any atom is -0.350 e. The lowest BCUT2D eigenvalue weighted by molar-refractivity contribution is -0.117. The summed E-state index contributed by atoms with van der Waals surface area (Å²) in [5, 5.41) is 4.03. The average Bonchev–Trinajstić information content (AvgIpc) is 2.81. The van der Waals surface area contributed by atoms with Gasteiger partial charge in [0.05, 0.1) is 17.8 Å². The Balaban J connectivity index is 0.00000261. The van der Waals surface area contributed by atoms with E-state index in [0.29, 0.717) is 12.5 Å². The van der Waals surface area contributed by atoms with Crippen LogP contribution in [-0.4, -0.2) is 40.4 Å². The van der Waals surface area contributed by atoms with Gasteiger partial charge in [-0.15, -0.1) is 12.4 Å². The van der Waals surface area contributed by atoms with Crippen LogP contribution in [-0.2, 0) is 4.79 Å². The van der Waals surface area contributed by atoms with Gasteiger partial charge in [-0.1, -0.05) is 56.5 Å². The number of hydrogen-bond acceptors (Lipinski definition) is 3. The molecule has 0 bridgehead atoms. The zero-order valence-corrected chi connectivity index (χ0v) is 17.6. The van der Waals surface area contributed by atoms with Crippen LogP contribution in [0.5, 0.6) is 0 Å². The van der Waals surface area contributed by atoms with Gasteiger partial charge in [0.15, 0.2) is 5.17 Å². The summed E-state index contributed by atoms with van der Waals surface area (Å²) in [4.78, 5) is 19.5. The first-order valence-corrected chi connectivity index (χ1v) is 10.4. The summed E-state index contributed by atoms with van der Waals surface area (Å²) in [7, 11) is 2.02. The maximum absolute atomic E-state index is 13.7. The van der Waals surface area contributed by atoms with Crippen LogP contribution in [0.4, 0.5) is 10.1 Å². The molecule has 2 atom stereocenters. The van der Waals surface area contributed by atoms with E-state index < -0.39 is 5.82 Å².